The number of nitrogens with zero attached hydrogens (tertiary/aromatic N) is 2. The first-order valence-corrected chi connectivity index (χ1v) is 20.4. The van der Waals surface area contributed by atoms with Crippen LogP contribution in [0.3, 0.4) is 0 Å². The van der Waals surface area contributed by atoms with Gasteiger partial charge in [-0.15, -0.1) is 0 Å². The van der Waals surface area contributed by atoms with Crippen LogP contribution in [0, 0.1) is 11.7 Å². The lowest BCUT2D eigenvalue weighted by molar-refractivity contribution is -0.141. The van der Waals surface area contributed by atoms with Gasteiger partial charge in [-0.25, -0.2) is 14.0 Å². The first-order chi connectivity index (χ1) is 23.8. The number of nitrogens with one attached hydrogen (secondary N) is 4. The fourth-order valence-electron chi connectivity index (χ4n) is 7.69. The summed E-state index contributed by atoms with van der Waals surface area (Å²) < 4.78 is 32.8. The van der Waals surface area contributed by atoms with Crippen LogP contribution in [0.4, 0.5) is 14.0 Å². The molecule has 0 bridgehead atoms. The second-order valence-corrected chi connectivity index (χ2v) is 17.7. The third-order valence-corrected chi connectivity index (χ3v) is 11.2. The fourth-order valence-corrected chi connectivity index (χ4v) is 8.38. The van der Waals surface area contributed by atoms with Crippen molar-refractivity contribution in [3.05, 3.63) is 47.3 Å². The summed E-state index contributed by atoms with van der Waals surface area (Å²) in [6, 6.07) is 2.21. The van der Waals surface area contributed by atoms with E-state index < -0.39 is 66.7 Å². The number of hydrogen-bond donors (Lipinski definition) is 4. The summed E-state index contributed by atoms with van der Waals surface area (Å²) in [6.45, 7) is 2.96. The Labute approximate surface area is 291 Å². The average Bonchev–Trinajstić information content (AvgIpc) is 3.47. The molecule has 15 heteroatoms. The highest BCUT2D eigenvalue weighted by Crippen LogP contribution is 2.47. The van der Waals surface area contributed by atoms with Crippen molar-refractivity contribution in [2.24, 2.45) is 5.92 Å². The van der Waals surface area contributed by atoms with Crippen molar-refractivity contribution in [3.8, 4) is 0 Å². The van der Waals surface area contributed by atoms with E-state index in [4.69, 9.17) is 4.74 Å². The monoisotopic (exact) mass is 714 g/mol. The number of carbonyl (C=O) groups is 5. The second kappa shape index (κ2) is 14.7. The lowest BCUT2D eigenvalue weighted by Crippen LogP contribution is -2.58. The number of benzene rings is 1. The minimum Gasteiger partial charge on any atom is -0.444 e. The third kappa shape index (κ3) is 8.16. The van der Waals surface area contributed by atoms with Crippen LogP contribution in [0.25, 0.3) is 0 Å². The number of hydrogen-bond acceptors (Lipinski definition) is 7. The quantitative estimate of drug-likeness (QED) is 0.265. The summed E-state index contributed by atoms with van der Waals surface area (Å²) in [7, 11) is -3.00. The molecule has 0 spiro atoms. The van der Waals surface area contributed by atoms with Crippen molar-refractivity contribution in [2.75, 3.05) is 19.9 Å². The molecule has 3 fully saturated rings. The Morgan fingerprint density at radius 1 is 1.02 bits per heavy atom. The van der Waals surface area contributed by atoms with Crippen molar-refractivity contribution in [1.82, 2.24) is 30.8 Å². The summed E-state index contributed by atoms with van der Waals surface area (Å²) in [5, 5.41) is 11.3. The zero-order valence-electron chi connectivity index (χ0n) is 28.8. The molecule has 2 aliphatic carbocycles. The van der Waals surface area contributed by atoms with Gasteiger partial charge < -0.3 is 35.2 Å². The van der Waals surface area contributed by atoms with Gasteiger partial charge in [0.15, 0.2) is 7.29 Å². The van der Waals surface area contributed by atoms with Crippen LogP contribution in [0.5, 0.6) is 0 Å². The molecule has 5 atom stereocenters. The topological polar surface area (TPSA) is 166 Å². The fraction of sp³-hybridized carbons (Fsp3) is 0.629. The van der Waals surface area contributed by atoms with Gasteiger partial charge in [0.05, 0.1) is 13.1 Å². The van der Waals surface area contributed by atoms with Crippen molar-refractivity contribution < 1.29 is 37.7 Å². The first-order valence-electron chi connectivity index (χ1n) is 17.8. The standard InChI is InChI=1S/C35H48FN6O7P/c1-50(2,48)40-32(45)35-18-23(35)12-6-4-3-5-7-16-28(38-33(46)37-24-13-8-9-14-24)31(44)42-20-25(17-29(42)30(43)39-35)49-34(47)41-19-22-11-10-15-27(36)26(22)21-41/h6,10-12,15,23-25,28-29H,3-5,7-9,13-14,16-21H2,1-2H3,(H,39,43)(H2,37,38,46)(H,40,45,48)/b12-6-/t23?,25-,28+,29+,35-/m1/s1. The Balaban J connectivity index is 1.23. The van der Waals surface area contributed by atoms with Crippen LogP contribution in [-0.4, -0.2) is 89.3 Å². The molecule has 13 nitrogen and oxygen atoms in total. The molecule has 1 unspecified atom stereocenters. The number of carbonyl (C=O) groups excluding carboxylic acids is 5. The third-order valence-electron chi connectivity index (χ3n) is 10.5. The van der Waals surface area contributed by atoms with E-state index in [0.717, 1.165) is 44.9 Å². The lowest BCUT2D eigenvalue weighted by atomic mass is 10.0. The van der Waals surface area contributed by atoms with Gasteiger partial charge >= 0.3 is 12.1 Å². The van der Waals surface area contributed by atoms with Gasteiger partial charge in [-0.05, 0) is 50.2 Å². The Hall–Kier alpha value is -3.93. The van der Waals surface area contributed by atoms with E-state index in [1.54, 1.807) is 12.1 Å². The minimum absolute atomic E-state index is 0.0352. The molecule has 2 saturated carbocycles. The maximum absolute atomic E-state index is 14.4. The molecule has 4 N–H and O–H groups in total. The normalized spacial score (nSPS) is 29.4. The number of rotatable bonds is 5. The van der Waals surface area contributed by atoms with Crippen LogP contribution in [0.2, 0.25) is 0 Å². The number of allylic oxidation sites excluding steroid dienone is 1. The number of halogens is 1. The maximum Gasteiger partial charge on any atom is 0.410 e. The summed E-state index contributed by atoms with van der Waals surface area (Å²) in [6.07, 6.45) is 9.75. The zero-order valence-corrected chi connectivity index (χ0v) is 29.6. The highest BCUT2D eigenvalue weighted by molar-refractivity contribution is 7.61. The molecule has 0 aromatic heterocycles. The highest BCUT2D eigenvalue weighted by Gasteiger charge is 2.61. The Morgan fingerprint density at radius 3 is 2.52 bits per heavy atom. The molecule has 272 valence electrons. The molecule has 3 aliphatic heterocycles. The van der Waals surface area contributed by atoms with Gasteiger partial charge in [-0.1, -0.05) is 50.0 Å². The van der Waals surface area contributed by atoms with Crippen molar-refractivity contribution in [3.63, 3.8) is 0 Å². The number of amides is 6. The molecule has 1 aromatic rings. The van der Waals surface area contributed by atoms with Crippen LogP contribution in [0.1, 0.15) is 81.8 Å². The second-order valence-electron chi connectivity index (χ2n) is 14.8. The Kier molecular flexibility index (Phi) is 10.6. The van der Waals surface area contributed by atoms with Gasteiger partial charge in [-0.3, -0.25) is 19.3 Å². The molecule has 5 aliphatic rings. The van der Waals surface area contributed by atoms with Crippen molar-refractivity contribution in [2.45, 2.75) is 113 Å². The lowest BCUT2D eigenvalue weighted by Gasteiger charge is -2.30. The first kappa shape index (κ1) is 35.9. The van der Waals surface area contributed by atoms with Gasteiger partial charge in [0, 0.05) is 43.8 Å². The molecule has 3 heterocycles. The van der Waals surface area contributed by atoms with E-state index in [1.165, 1.54) is 29.2 Å². The maximum atomic E-state index is 14.4. The number of ether oxygens (including phenoxy) is 1. The van der Waals surface area contributed by atoms with E-state index in [2.05, 4.69) is 21.0 Å². The summed E-state index contributed by atoms with van der Waals surface area (Å²) in [5.41, 5.74) is -0.243. The van der Waals surface area contributed by atoms with Crippen molar-refractivity contribution >= 4 is 37.1 Å². The smallest absolute Gasteiger partial charge is 0.410 e. The molecule has 1 aromatic carbocycles. The average molecular weight is 715 g/mol. The van der Waals surface area contributed by atoms with Crippen LogP contribution < -0.4 is 21.0 Å². The predicted molar refractivity (Wildman–Crippen MR) is 183 cm³/mol. The van der Waals surface area contributed by atoms with Gasteiger partial charge in [0.2, 0.25) is 11.8 Å². The van der Waals surface area contributed by atoms with Crippen LogP contribution in [0.15, 0.2) is 30.4 Å². The van der Waals surface area contributed by atoms with E-state index in [1.807, 2.05) is 12.2 Å². The molecule has 1 saturated heterocycles. The van der Waals surface area contributed by atoms with Gasteiger partial charge in [0.1, 0.15) is 29.5 Å². The van der Waals surface area contributed by atoms with E-state index in [9.17, 15) is 32.9 Å². The number of urea groups is 1. The molecule has 0 radical (unpaired) electrons. The zero-order chi connectivity index (χ0) is 35.6. The minimum atomic E-state index is -3.00. The molecular formula is C35H48FN6O7P. The number of fused-ring (bicyclic) bond motifs is 3. The SMILES string of the molecule is CP(C)(=O)NC(=O)[C@@]12CC1/C=C\CCCCC[C@H](NC(=O)NC1CCCC1)C(=O)N1C[C@H](OC(=O)N3Cc4cccc(F)c4C3)C[C@H]1C(=O)N2. The highest BCUT2D eigenvalue weighted by atomic mass is 31.2. The van der Waals surface area contributed by atoms with E-state index in [-0.39, 0.29) is 38.0 Å². The summed E-state index contributed by atoms with van der Waals surface area (Å²) >= 11 is 0. The molecule has 50 heavy (non-hydrogen) atoms. The van der Waals surface area contributed by atoms with Crippen LogP contribution >= 0.6 is 7.29 Å². The molecule has 6 rings (SSSR count). The van der Waals surface area contributed by atoms with Gasteiger partial charge in [0.25, 0.3) is 5.91 Å². The Morgan fingerprint density at radius 2 is 1.78 bits per heavy atom. The van der Waals surface area contributed by atoms with Gasteiger partial charge in [-0.2, -0.15) is 0 Å². The Bertz CT molecular complexity index is 1590. The van der Waals surface area contributed by atoms with E-state index >= 15 is 0 Å². The molecule has 6 amide bonds. The molecular weight excluding hydrogens is 666 g/mol. The summed E-state index contributed by atoms with van der Waals surface area (Å²) in [4.78, 5) is 71.1. The largest absolute Gasteiger partial charge is 0.444 e. The van der Waals surface area contributed by atoms with Crippen LogP contribution in [-0.2, 0) is 36.8 Å². The van der Waals surface area contributed by atoms with Crippen molar-refractivity contribution in [1.29, 1.82) is 0 Å². The van der Waals surface area contributed by atoms with E-state index in [0.29, 0.717) is 30.4 Å². The predicted octanol–water partition coefficient (Wildman–Crippen LogP) is 3.91. The summed E-state index contributed by atoms with van der Waals surface area (Å²) in [5.74, 6) is -2.37.